The van der Waals surface area contributed by atoms with Crippen LogP contribution < -0.4 is 9.64 Å². The largest absolute Gasteiger partial charge is 0.483 e. The van der Waals surface area contributed by atoms with E-state index in [1.165, 1.54) is 4.90 Å². The average molecular weight is 535 g/mol. The lowest BCUT2D eigenvalue weighted by Gasteiger charge is -2.36. The number of halogens is 6. The van der Waals surface area contributed by atoms with Crippen molar-refractivity contribution in [1.82, 2.24) is 4.90 Å². The van der Waals surface area contributed by atoms with Gasteiger partial charge in [0.2, 0.25) is 0 Å². The number of hydrogen-bond donors (Lipinski definition) is 0. The van der Waals surface area contributed by atoms with Gasteiger partial charge in [-0.05, 0) is 36.4 Å². The second kappa shape index (κ2) is 9.88. The Labute approximate surface area is 202 Å². The van der Waals surface area contributed by atoms with Gasteiger partial charge in [0.1, 0.15) is 11.8 Å². The molecule has 0 saturated carbocycles. The predicted octanol–water partition coefficient (Wildman–Crippen LogP) is 3.88. The molecule has 1 saturated heterocycles. The number of carbonyl (C=O) groups excluding carboxylic acids is 1. The maximum atomic E-state index is 13.1. The highest BCUT2D eigenvalue weighted by Gasteiger charge is 2.33. The maximum Gasteiger partial charge on any atom is 0.422 e. The van der Waals surface area contributed by atoms with Gasteiger partial charge in [0.05, 0.1) is 27.3 Å². The normalized spacial score (nSPS) is 14.9. The molecule has 7 nitrogen and oxygen atoms in total. The van der Waals surface area contributed by atoms with Crippen LogP contribution in [0, 0.1) is 11.3 Å². The Morgan fingerprint density at radius 1 is 1.03 bits per heavy atom. The van der Waals surface area contributed by atoms with E-state index in [-0.39, 0.29) is 47.9 Å². The fourth-order valence-corrected chi connectivity index (χ4v) is 4.24. The Morgan fingerprint density at radius 2 is 1.67 bits per heavy atom. The van der Waals surface area contributed by atoms with Crippen molar-refractivity contribution < 1.29 is 44.3 Å². The van der Waals surface area contributed by atoms with Crippen molar-refractivity contribution in [2.24, 2.45) is 0 Å². The Morgan fingerprint density at radius 3 is 2.19 bits per heavy atom. The molecular weight excluding hydrogens is 516 g/mol. The van der Waals surface area contributed by atoms with E-state index in [9.17, 15) is 44.8 Å². The molecule has 36 heavy (non-hydrogen) atoms. The fraction of sp³-hybridized carbons (Fsp3) is 0.364. The van der Waals surface area contributed by atoms with Crippen molar-refractivity contribution in [3.63, 3.8) is 0 Å². The summed E-state index contributed by atoms with van der Waals surface area (Å²) in [6.45, 7) is -1.46. The molecule has 0 atom stereocenters. The van der Waals surface area contributed by atoms with E-state index in [0.29, 0.717) is 0 Å². The molecule has 194 valence electrons. The number of sulfone groups is 1. The third-order valence-electron chi connectivity index (χ3n) is 5.35. The number of nitriles is 1. The number of benzene rings is 2. The van der Waals surface area contributed by atoms with E-state index in [2.05, 4.69) is 0 Å². The van der Waals surface area contributed by atoms with Gasteiger partial charge in [-0.2, -0.15) is 31.6 Å². The number of carbonyl (C=O) groups is 1. The highest BCUT2D eigenvalue weighted by molar-refractivity contribution is 7.90. The first-order chi connectivity index (χ1) is 16.6. The highest BCUT2D eigenvalue weighted by atomic mass is 32.2. The molecule has 0 aromatic heterocycles. The van der Waals surface area contributed by atoms with Crippen molar-refractivity contribution in [3.8, 4) is 11.8 Å². The summed E-state index contributed by atoms with van der Waals surface area (Å²) in [5.74, 6) is -1.22. The van der Waals surface area contributed by atoms with E-state index >= 15 is 0 Å². The van der Waals surface area contributed by atoms with Gasteiger partial charge < -0.3 is 14.5 Å². The number of alkyl halides is 6. The van der Waals surface area contributed by atoms with E-state index in [4.69, 9.17) is 4.74 Å². The fourth-order valence-electron chi connectivity index (χ4n) is 3.59. The van der Waals surface area contributed by atoms with Crippen LogP contribution in [0.5, 0.6) is 5.75 Å². The molecule has 3 rings (SSSR count). The van der Waals surface area contributed by atoms with Gasteiger partial charge in [-0.25, -0.2) is 8.42 Å². The number of hydrogen-bond acceptors (Lipinski definition) is 6. The first-order valence-electron chi connectivity index (χ1n) is 10.3. The quantitative estimate of drug-likeness (QED) is 0.540. The van der Waals surface area contributed by atoms with Gasteiger partial charge in [-0.1, -0.05) is 0 Å². The van der Waals surface area contributed by atoms with Gasteiger partial charge in [-0.3, -0.25) is 4.79 Å². The summed E-state index contributed by atoms with van der Waals surface area (Å²) in [6.07, 6.45) is -8.44. The number of anilines is 1. The van der Waals surface area contributed by atoms with E-state index in [1.807, 2.05) is 0 Å². The van der Waals surface area contributed by atoms with Crippen LogP contribution in [0.3, 0.4) is 0 Å². The minimum Gasteiger partial charge on any atom is -0.483 e. The molecule has 0 spiro atoms. The lowest BCUT2D eigenvalue weighted by atomic mass is 10.1. The minimum atomic E-state index is -4.69. The molecule has 0 N–H and O–H groups in total. The zero-order valence-electron chi connectivity index (χ0n) is 18.7. The third kappa shape index (κ3) is 6.39. The predicted molar refractivity (Wildman–Crippen MR) is 115 cm³/mol. The zero-order valence-corrected chi connectivity index (χ0v) is 19.5. The van der Waals surface area contributed by atoms with Crippen LogP contribution in [0.2, 0.25) is 0 Å². The highest BCUT2D eigenvalue weighted by Crippen LogP contribution is 2.33. The standard InChI is InChI=1S/C22H19F6N3O4S/c1-36(33,34)16-3-5-19(35-13-21(23,24)25)17(11-16)20(32)31-8-6-30(7-9-31)18-4-2-15(22(26,27)28)10-14(18)12-29/h2-5,10-11H,6-9,13H2,1H3. The second-order valence-electron chi connectivity index (χ2n) is 7.95. The van der Waals surface area contributed by atoms with Crippen LogP contribution in [0.1, 0.15) is 21.5 Å². The number of amides is 1. The summed E-state index contributed by atoms with van der Waals surface area (Å²) in [6, 6.07) is 7.42. The molecule has 2 aromatic rings. The topological polar surface area (TPSA) is 90.7 Å². The van der Waals surface area contributed by atoms with Crippen molar-refractivity contribution in [2.75, 3.05) is 43.9 Å². The van der Waals surface area contributed by atoms with Gasteiger partial charge in [0.15, 0.2) is 16.4 Å². The van der Waals surface area contributed by atoms with Crippen LogP contribution in [-0.2, 0) is 16.0 Å². The molecule has 14 heteroatoms. The smallest absolute Gasteiger partial charge is 0.422 e. The summed E-state index contributed by atoms with van der Waals surface area (Å²) < 4.78 is 105. The molecule has 0 radical (unpaired) electrons. The maximum absolute atomic E-state index is 13.1. The summed E-state index contributed by atoms with van der Waals surface area (Å²) >= 11 is 0. The number of rotatable bonds is 5. The van der Waals surface area contributed by atoms with Crippen molar-refractivity contribution >= 4 is 21.4 Å². The molecule has 1 aliphatic rings. The van der Waals surface area contributed by atoms with Crippen LogP contribution in [-0.4, -0.2) is 64.4 Å². The number of piperazine rings is 1. The molecule has 0 unspecified atom stereocenters. The van der Waals surface area contributed by atoms with E-state index in [0.717, 1.165) is 42.7 Å². The molecule has 1 amide bonds. The molecule has 1 heterocycles. The second-order valence-corrected chi connectivity index (χ2v) is 9.97. The SMILES string of the molecule is CS(=O)(=O)c1ccc(OCC(F)(F)F)c(C(=O)N2CCN(c3ccc(C(F)(F)F)cc3C#N)CC2)c1. The summed E-state index contributed by atoms with van der Waals surface area (Å²) in [5, 5.41) is 9.31. The van der Waals surface area contributed by atoms with Crippen LogP contribution in [0.4, 0.5) is 32.0 Å². The molecular formula is C22H19F6N3O4S. The molecule has 1 aliphatic heterocycles. The lowest BCUT2D eigenvalue weighted by Crippen LogP contribution is -2.49. The summed E-state index contributed by atoms with van der Waals surface area (Å²) in [7, 11) is -3.78. The van der Waals surface area contributed by atoms with Crippen molar-refractivity contribution in [3.05, 3.63) is 53.1 Å². The minimum absolute atomic E-state index is 0.00649. The van der Waals surface area contributed by atoms with Crippen LogP contribution in [0.15, 0.2) is 41.3 Å². The molecule has 2 aromatic carbocycles. The van der Waals surface area contributed by atoms with Crippen molar-refractivity contribution in [2.45, 2.75) is 17.2 Å². The number of ether oxygens (including phenoxy) is 1. The first kappa shape index (κ1) is 27.1. The lowest BCUT2D eigenvalue weighted by molar-refractivity contribution is -0.153. The Hall–Kier alpha value is -3.47. The Balaban J connectivity index is 1.82. The monoisotopic (exact) mass is 535 g/mol. The first-order valence-corrected chi connectivity index (χ1v) is 12.2. The molecule has 0 aliphatic carbocycles. The summed E-state index contributed by atoms with van der Waals surface area (Å²) in [5.41, 5.74) is -1.31. The van der Waals surface area contributed by atoms with E-state index in [1.54, 1.807) is 11.0 Å². The Kier molecular flexibility index (Phi) is 7.45. The van der Waals surface area contributed by atoms with Gasteiger partial charge >= 0.3 is 12.4 Å². The summed E-state index contributed by atoms with van der Waals surface area (Å²) in [4.78, 5) is 15.7. The van der Waals surface area contributed by atoms with Gasteiger partial charge in [0, 0.05) is 32.4 Å². The van der Waals surface area contributed by atoms with E-state index < -0.39 is 46.0 Å². The Bertz CT molecular complexity index is 1290. The molecule has 0 bridgehead atoms. The third-order valence-corrected chi connectivity index (χ3v) is 6.46. The average Bonchev–Trinajstić information content (AvgIpc) is 2.80. The zero-order chi connectivity index (χ0) is 26.9. The van der Waals surface area contributed by atoms with Gasteiger partial charge in [-0.15, -0.1) is 0 Å². The van der Waals surface area contributed by atoms with Crippen molar-refractivity contribution in [1.29, 1.82) is 5.26 Å². The van der Waals surface area contributed by atoms with Crippen LogP contribution >= 0.6 is 0 Å². The van der Waals surface area contributed by atoms with Gasteiger partial charge in [0.25, 0.3) is 5.91 Å². The van der Waals surface area contributed by atoms with Crippen LogP contribution in [0.25, 0.3) is 0 Å². The number of nitrogens with zero attached hydrogens (tertiary/aromatic N) is 3. The molecule has 1 fully saturated rings.